The fraction of sp³-hybridized carbons (Fsp3) is 0.294. The van der Waals surface area contributed by atoms with Crippen molar-refractivity contribution >= 4 is 21.4 Å². The van der Waals surface area contributed by atoms with Gasteiger partial charge in [-0.2, -0.15) is 0 Å². The van der Waals surface area contributed by atoms with Crippen molar-refractivity contribution in [2.45, 2.75) is 25.2 Å². The van der Waals surface area contributed by atoms with Crippen molar-refractivity contribution < 1.29 is 8.42 Å². The van der Waals surface area contributed by atoms with Gasteiger partial charge in [-0.05, 0) is 19.9 Å². The molecule has 0 atom stereocenters. The van der Waals surface area contributed by atoms with Crippen molar-refractivity contribution in [1.29, 1.82) is 0 Å². The number of benzene rings is 1. The lowest BCUT2D eigenvalue weighted by molar-refractivity contribution is 0.580. The van der Waals surface area contributed by atoms with Crippen LogP contribution in [0.4, 0.5) is 0 Å². The first-order valence-electron chi connectivity index (χ1n) is 7.89. The van der Waals surface area contributed by atoms with Gasteiger partial charge in [0, 0.05) is 35.3 Å². The summed E-state index contributed by atoms with van der Waals surface area (Å²) >= 11 is 1.48. The predicted octanol–water partition coefficient (Wildman–Crippen LogP) is 2.68. The molecule has 0 radical (unpaired) electrons. The molecule has 2 heterocycles. The third kappa shape index (κ3) is 3.81. The SMILES string of the molecule is Cc1cc(S(=O)(=O)NCCc2nnc(-c3ccccc3)n2C)c(C)s1. The highest BCUT2D eigenvalue weighted by atomic mass is 32.2. The summed E-state index contributed by atoms with van der Waals surface area (Å²) in [6.07, 6.45) is 0.470. The van der Waals surface area contributed by atoms with E-state index < -0.39 is 10.0 Å². The number of hydrogen-bond acceptors (Lipinski definition) is 5. The maximum absolute atomic E-state index is 12.4. The number of hydrogen-bond donors (Lipinski definition) is 1. The summed E-state index contributed by atoms with van der Waals surface area (Å²) in [6, 6.07) is 11.5. The monoisotopic (exact) mass is 376 g/mol. The Balaban J connectivity index is 1.69. The molecule has 0 aliphatic heterocycles. The van der Waals surface area contributed by atoms with Crippen molar-refractivity contribution in [3.8, 4) is 11.4 Å². The average Bonchev–Trinajstić information content (AvgIpc) is 3.11. The first kappa shape index (κ1) is 17.8. The quantitative estimate of drug-likeness (QED) is 0.717. The smallest absolute Gasteiger partial charge is 0.241 e. The second kappa shape index (κ2) is 7.07. The Kier molecular flexibility index (Phi) is 5.03. The highest BCUT2D eigenvalue weighted by Crippen LogP contribution is 2.24. The molecule has 3 rings (SSSR count). The number of nitrogens with zero attached hydrogens (tertiary/aromatic N) is 3. The number of sulfonamides is 1. The molecule has 0 amide bonds. The van der Waals surface area contributed by atoms with Crippen molar-refractivity contribution in [1.82, 2.24) is 19.5 Å². The molecule has 1 aromatic carbocycles. The molecule has 0 aliphatic carbocycles. The van der Waals surface area contributed by atoms with E-state index in [1.165, 1.54) is 11.3 Å². The van der Waals surface area contributed by atoms with E-state index in [-0.39, 0.29) is 6.54 Å². The third-order valence-electron chi connectivity index (χ3n) is 3.92. The van der Waals surface area contributed by atoms with Crippen LogP contribution in [0.5, 0.6) is 0 Å². The second-order valence-corrected chi connectivity index (χ2v) is 8.99. The summed E-state index contributed by atoms with van der Waals surface area (Å²) in [7, 11) is -1.61. The minimum Gasteiger partial charge on any atom is -0.314 e. The number of rotatable bonds is 6. The minimum absolute atomic E-state index is 0.275. The molecule has 1 N–H and O–H groups in total. The predicted molar refractivity (Wildman–Crippen MR) is 99.1 cm³/mol. The highest BCUT2D eigenvalue weighted by molar-refractivity contribution is 7.89. The van der Waals surface area contributed by atoms with Crippen molar-refractivity contribution in [2.75, 3.05) is 6.54 Å². The Morgan fingerprint density at radius 1 is 1.16 bits per heavy atom. The summed E-state index contributed by atoms with van der Waals surface area (Å²) in [5.41, 5.74) is 0.980. The van der Waals surface area contributed by atoms with E-state index in [0.717, 1.165) is 27.0 Å². The van der Waals surface area contributed by atoms with E-state index in [0.29, 0.717) is 11.3 Å². The van der Waals surface area contributed by atoms with Crippen LogP contribution in [0.15, 0.2) is 41.3 Å². The van der Waals surface area contributed by atoms with Crippen LogP contribution >= 0.6 is 11.3 Å². The number of aromatic nitrogens is 3. The van der Waals surface area contributed by atoms with E-state index >= 15 is 0 Å². The standard InChI is InChI=1S/C17H20N4O2S2/c1-12-11-15(13(2)24-12)25(22,23)18-10-9-16-19-20-17(21(16)3)14-7-5-4-6-8-14/h4-8,11,18H,9-10H2,1-3H3. The zero-order chi connectivity index (χ0) is 18.0. The van der Waals surface area contributed by atoms with Gasteiger partial charge >= 0.3 is 0 Å². The van der Waals surface area contributed by atoms with Crippen LogP contribution in [0.25, 0.3) is 11.4 Å². The molecule has 2 aromatic heterocycles. The molecule has 0 saturated carbocycles. The molecular weight excluding hydrogens is 356 g/mol. The first-order valence-corrected chi connectivity index (χ1v) is 10.2. The number of thiophene rings is 1. The lowest BCUT2D eigenvalue weighted by Crippen LogP contribution is -2.26. The van der Waals surface area contributed by atoms with Gasteiger partial charge in [0.15, 0.2) is 5.82 Å². The molecule has 0 bridgehead atoms. The lowest BCUT2D eigenvalue weighted by Gasteiger charge is -2.07. The molecule has 8 heteroatoms. The second-order valence-electron chi connectivity index (χ2n) is 5.79. The summed E-state index contributed by atoms with van der Waals surface area (Å²) in [5.74, 6) is 1.50. The molecule has 3 aromatic rings. The molecule has 0 aliphatic rings. The molecule has 25 heavy (non-hydrogen) atoms. The summed E-state index contributed by atoms with van der Waals surface area (Å²) < 4.78 is 29.4. The number of aryl methyl sites for hydroxylation is 2. The molecule has 0 unspecified atom stereocenters. The molecule has 0 saturated heterocycles. The largest absolute Gasteiger partial charge is 0.314 e. The Morgan fingerprint density at radius 3 is 2.52 bits per heavy atom. The molecular formula is C17H20N4O2S2. The van der Waals surface area contributed by atoms with Gasteiger partial charge in [0.25, 0.3) is 0 Å². The highest BCUT2D eigenvalue weighted by Gasteiger charge is 2.19. The van der Waals surface area contributed by atoms with Crippen LogP contribution in [0.1, 0.15) is 15.6 Å². The Labute approximate surface area is 151 Å². The lowest BCUT2D eigenvalue weighted by atomic mass is 10.2. The first-order chi connectivity index (χ1) is 11.9. The Hall–Kier alpha value is -2.03. The topological polar surface area (TPSA) is 76.9 Å². The molecule has 132 valence electrons. The van der Waals surface area contributed by atoms with Crippen LogP contribution < -0.4 is 4.72 Å². The van der Waals surface area contributed by atoms with Gasteiger partial charge in [-0.25, -0.2) is 13.1 Å². The van der Waals surface area contributed by atoms with Gasteiger partial charge in [-0.1, -0.05) is 30.3 Å². The Bertz CT molecular complexity index is 976. The van der Waals surface area contributed by atoms with Crippen LogP contribution in [0, 0.1) is 13.8 Å². The van der Waals surface area contributed by atoms with Gasteiger partial charge in [0.05, 0.1) is 4.90 Å². The van der Waals surface area contributed by atoms with Crippen LogP contribution in [-0.4, -0.2) is 29.7 Å². The van der Waals surface area contributed by atoms with Gasteiger partial charge < -0.3 is 4.57 Å². The van der Waals surface area contributed by atoms with Gasteiger partial charge in [-0.3, -0.25) is 0 Å². The van der Waals surface area contributed by atoms with Crippen LogP contribution in [0.3, 0.4) is 0 Å². The summed E-state index contributed by atoms with van der Waals surface area (Å²) in [5, 5.41) is 8.40. The fourth-order valence-electron chi connectivity index (χ4n) is 2.67. The van der Waals surface area contributed by atoms with Crippen LogP contribution in [-0.2, 0) is 23.5 Å². The van der Waals surface area contributed by atoms with Crippen LogP contribution in [0.2, 0.25) is 0 Å². The zero-order valence-electron chi connectivity index (χ0n) is 14.4. The van der Waals surface area contributed by atoms with Gasteiger partial charge in [0.1, 0.15) is 5.82 Å². The maximum atomic E-state index is 12.4. The summed E-state index contributed by atoms with van der Waals surface area (Å²) in [4.78, 5) is 2.15. The van der Waals surface area contributed by atoms with Gasteiger partial charge in [-0.15, -0.1) is 21.5 Å². The minimum atomic E-state index is -3.50. The normalized spacial score (nSPS) is 11.8. The van der Waals surface area contributed by atoms with E-state index in [1.54, 1.807) is 6.07 Å². The molecule has 0 fully saturated rings. The number of nitrogens with one attached hydrogen (secondary N) is 1. The zero-order valence-corrected chi connectivity index (χ0v) is 16.0. The Morgan fingerprint density at radius 2 is 1.88 bits per heavy atom. The molecule has 6 nitrogen and oxygen atoms in total. The van der Waals surface area contributed by atoms with Crippen molar-refractivity contribution in [2.24, 2.45) is 7.05 Å². The summed E-state index contributed by atoms with van der Waals surface area (Å²) in [6.45, 7) is 4.00. The average molecular weight is 377 g/mol. The van der Waals surface area contributed by atoms with E-state index in [2.05, 4.69) is 14.9 Å². The van der Waals surface area contributed by atoms with Crippen molar-refractivity contribution in [3.05, 3.63) is 52.0 Å². The van der Waals surface area contributed by atoms with Gasteiger partial charge in [0.2, 0.25) is 10.0 Å². The van der Waals surface area contributed by atoms with E-state index in [4.69, 9.17) is 0 Å². The maximum Gasteiger partial charge on any atom is 0.241 e. The van der Waals surface area contributed by atoms with E-state index in [1.807, 2.05) is 55.8 Å². The van der Waals surface area contributed by atoms with E-state index in [9.17, 15) is 8.42 Å². The third-order valence-corrected chi connectivity index (χ3v) is 6.61. The molecule has 0 spiro atoms. The fourth-order valence-corrected chi connectivity index (χ4v) is 5.25. The van der Waals surface area contributed by atoms with Crippen molar-refractivity contribution in [3.63, 3.8) is 0 Å².